The minimum absolute atomic E-state index is 0.0857. The lowest BCUT2D eigenvalue weighted by Crippen LogP contribution is -2.02. The molecule has 0 amide bonds. The normalized spacial score (nSPS) is 10.8. The highest BCUT2D eigenvalue weighted by Gasteiger charge is 2.19. The Bertz CT molecular complexity index is 988. The Morgan fingerprint density at radius 1 is 1.00 bits per heavy atom. The molecule has 0 fully saturated rings. The molecule has 124 valence electrons. The summed E-state index contributed by atoms with van der Waals surface area (Å²) in [5.41, 5.74) is -0.340. The maximum absolute atomic E-state index is 12.3. The van der Waals surface area contributed by atoms with E-state index >= 15 is 0 Å². The van der Waals surface area contributed by atoms with Crippen LogP contribution < -0.4 is 14.9 Å². The molecule has 0 atom stereocenters. The SMILES string of the molecule is COc1cc(-c2oc3cc(O)ccc3c(=O)c2O)cc(O)c1OC. The summed E-state index contributed by atoms with van der Waals surface area (Å²) in [5, 5.41) is 29.9. The van der Waals surface area contributed by atoms with Crippen LogP contribution in [0.2, 0.25) is 0 Å². The van der Waals surface area contributed by atoms with E-state index in [1.165, 1.54) is 44.6 Å². The van der Waals surface area contributed by atoms with E-state index < -0.39 is 11.2 Å². The van der Waals surface area contributed by atoms with E-state index in [1.807, 2.05) is 0 Å². The molecule has 7 heteroatoms. The number of phenolic OH excluding ortho intramolecular Hbond substituents is 2. The molecule has 1 heterocycles. The minimum atomic E-state index is -0.652. The van der Waals surface area contributed by atoms with Gasteiger partial charge in [0, 0.05) is 11.6 Å². The Balaban J connectivity index is 2.32. The van der Waals surface area contributed by atoms with Gasteiger partial charge in [0.1, 0.15) is 11.3 Å². The molecule has 0 saturated carbocycles. The van der Waals surface area contributed by atoms with Crippen molar-refractivity contribution in [3.8, 4) is 40.1 Å². The summed E-state index contributed by atoms with van der Waals surface area (Å²) in [7, 11) is 2.75. The summed E-state index contributed by atoms with van der Waals surface area (Å²) in [6, 6.07) is 6.66. The van der Waals surface area contributed by atoms with Crippen molar-refractivity contribution >= 4 is 11.0 Å². The fourth-order valence-electron chi connectivity index (χ4n) is 2.44. The van der Waals surface area contributed by atoms with Gasteiger partial charge in [0.2, 0.25) is 16.9 Å². The van der Waals surface area contributed by atoms with Gasteiger partial charge in [-0.15, -0.1) is 0 Å². The van der Waals surface area contributed by atoms with Crippen molar-refractivity contribution in [2.24, 2.45) is 0 Å². The molecule has 24 heavy (non-hydrogen) atoms. The van der Waals surface area contributed by atoms with E-state index in [0.717, 1.165) is 0 Å². The first kappa shape index (κ1) is 15.5. The maximum Gasteiger partial charge on any atom is 0.235 e. The predicted molar refractivity (Wildman–Crippen MR) is 86.0 cm³/mol. The molecule has 3 N–H and O–H groups in total. The highest BCUT2D eigenvalue weighted by molar-refractivity contribution is 5.83. The quantitative estimate of drug-likeness (QED) is 0.677. The van der Waals surface area contributed by atoms with E-state index in [2.05, 4.69) is 0 Å². The number of fused-ring (bicyclic) bond motifs is 1. The van der Waals surface area contributed by atoms with Crippen molar-refractivity contribution in [3.63, 3.8) is 0 Å². The molecule has 3 rings (SSSR count). The summed E-state index contributed by atoms with van der Waals surface area (Å²) >= 11 is 0. The van der Waals surface area contributed by atoms with Gasteiger partial charge in [-0.05, 0) is 24.3 Å². The van der Waals surface area contributed by atoms with Crippen molar-refractivity contribution in [3.05, 3.63) is 40.6 Å². The number of hydrogen-bond acceptors (Lipinski definition) is 7. The first-order chi connectivity index (χ1) is 11.5. The molecule has 0 radical (unpaired) electrons. The Morgan fingerprint density at radius 3 is 2.42 bits per heavy atom. The molecule has 2 aromatic carbocycles. The second-order valence-corrected chi connectivity index (χ2v) is 5.02. The second kappa shape index (κ2) is 5.69. The Morgan fingerprint density at radius 2 is 1.75 bits per heavy atom. The van der Waals surface area contributed by atoms with E-state index in [9.17, 15) is 20.1 Å². The molecule has 1 aromatic heterocycles. The van der Waals surface area contributed by atoms with Gasteiger partial charge in [0.15, 0.2) is 17.3 Å². The van der Waals surface area contributed by atoms with Crippen molar-refractivity contribution in [2.45, 2.75) is 0 Å². The average Bonchev–Trinajstić information content (AvgIpc) is 2.57. The molecule has 3 aromatic rings. The molecular weight excluding hydrogens is 316 g/mol. The minimum Gasteiger partial charge on any atom is -0.508 e. The summed E-state index contributed by atoms with van der Waals surface area (Å²) in [6.07, 6.45) is 0. The molecule has 0 saturated heterocycles. The van der Waals surface area contributed by atoms with Gasteiger partial charge in [0.05, 0.1) is 19.6 Å². The molecule has 0 aliphatic heterocycles. The zero-order valence-electron chi connectivity index (χ0n) is 12.9. The Hall–Kier alpha value is -3.35. The van der Waals surface area contributed by atoms with Crippen LogP contribution in [0.15, 0.2) is 39.5 Å². The topological polar surface area (TPSA) is 109 Å². The van der Waals surface area contributed by atoms with Crippen LogP contribution in [-0.4, -0.2) is 29.5 Å². The summed E-state index contributed by atoms with van der Waals surface area (Å²) in [6.45, 7) is 0. The van der Waals surface area contributed by atoms with Crippen molar-refractivity contribution < 1.29 is 29.2 Å². The third-order valence-corrected chi connectivity index (χ3v) is 3.57. The number of benzene rings is 2. The lowest BCUT2D eigenvalue weighted by atomic mass is 10.1. The highest BCUT2D eigenvalue weighted by atomic mass is 16.5. The molecular formula is C17H14O7. The number of ether oxygens (including phenoxy) is 2. The molecule has 0 bridgehead atoms. The fourth-order valence-corrected chi connectivity index (χ4v) is 2.44. The van der Waals surface area contributed by atoms with Crippen LogP contribution in [0.4, 0.5) is 0 Å². The zero-order chi connectivity index (χ0) is 17.4. The van der Waals surface area contributed by atoms with Gasteiger partial charge in [-0.1, -0.05) is 0 Å². The number of aromatic hydroxyl groups is 3. The number of phenols is 2. The number of rotatable bonds is 3. The Labute approximate surface area is 135 Å². The van der Waals surface area contributed by atoms with Crippen molar-refractivity contribution in [1.29, 1.82) is 0 Å². The second-order valence-electron chi connectivity index (χ2n) is 5.02. The lowest BCUT2D eigenvalue weighted by molar-refractivity contribution is 0.333. The lowest BCUT2D eigenvalue weighted by Gasteiger charge is -2.12. The number of methoxy groups -OCH3 is 2. The molecule has 7 nitrogen and oxygen atoms in total. The van der Waals surface area contributed by atoms with E-state index in [4.69, 9.17) is 13.9 Å². The third-order valence-electron chi connectivity index (χ3n) is 3.57. The molecule has 0 unspecified atom stereocenters. The van der Waals surface area contributed by atoms with Crippen LogP contribution in [0, 0.1) is 0 Å². The van der Waals surface area contributed by atoms with Gasteiger partial charge >= 0.3 is 0 Å². The first-order valence-corrected chi connectivity index (χ1v) is 6.90. The van der Waals surface area contributed by atoms with E-state index in [0.29, 0.717) is 0 Å². The molecule has 0 spiro atoms. The van der Waals surface area contributed by atoms with E-state index in [-0.39, 0.29) is 45.3 Å². The maximum atomic E-state index is 12.3. The van der Waals surface area contributed by atoms with E-state index in [1.54, 1.807) is 0 Å². The molecule has 0 aliphatic rings. The standard InChI is InChI=1S/C17H14O7/c1-22-13-6-8(5-11(19)17(13)23-2)16-15(21)14(20)10-4-3-9(18)7-12(10)24-16/h3-7,18-19,21H,1-2H3. The van der Waals surface area contributed by atoms with Crippen LogP contribution in [-0.2, 0) is 0 Å². The van der Waals surface area contributed by atoms with Crippen LogP contribution in [0.1, 0.15) is 0 Å². The van der Waals surface area contributed by atoms with Crippen LogP contribution in [0.25, 0.3) is 22.3 Å². The third kappa shape index (κ3) is 2.36. The van der Waals surface area contributed by atoms with Crippen LogP contribution >= 0.6 is 0 Å². The van der Waals surface area contributed by atoms with Crippen LogP contribution in [0.5, 0.6) is 28.7 Å². The smallest absolute Gasteiger partial charge is 0.235 e. The van der Waals surface area contributed by atoms with Crippen LogP contribution in [0.3, 0.4) is 0 Å². The van der Waals surface area contributed by atoms with Crippen molar-refractivity contribution in [2.75, 3.05) is 14.2 Å². The van der Waals surface area contributed by atoms with Gasteiger partial charge < -0.3 is 29.2 Å². The van der Waals surface area contributed by atoms with Gasteiger partial charge in [-0.2, -0.15) is 0 Å². The monoisotopic (exact) mass is 330 g/mol. The zero-order valence-corrected chi connectivity index (χ0v) is 12.9. The Kier molecular flexibility index (Phi) is 3.69. The largest absolute Gasteiger partial charge is 0.508 e. The average molecular weight is 330 g/mol. The fraction of sp³-hybridized carbons (Fsp3) is 0.118. The number of hydrogen-bond donors (Lipinski definition) is 3. The van der Waals surface area contributed by atoms with Gasteiger partial charge in [-0.25, -0.2) is 0 Å². The molecule has 0 aliphatic carbocycles. The van der Waals surface area contributed by atoms with Crippen molar-refractivity contribution in [1.82, 2.24) is 0 Å². The summed E-state index contributed by atoms with van der Waals surface area (Å²) in [4.78, 5) is 12.3. The highest BCUT2D eigenvalue weighted by Crippen LogP contribution is 2.42. The first-order valence-electron chi connectivity index (χ1n) is 6.90. The van der Waals surface area contributed by atoms with Gasteiger partial charge in [0.25, 0.3) is 0 Å². The summed E-state index contributed by atoms with van der Waals surface area (Å²) < 4.78 is 15.7. The predicted octanol–water partition coefficient (Wildman–Crippen LogP) is 2.59. The summed E-state index contributed by atoms with van der Waals surface area (Å²) in [5.74, 6) is -0.788. The van der Waals surface area contributed by atoms with Gasteiger partial charge in [-0.3, -0.25) is 4.79 Å².